The van der Waals surface area contributed by atoms with Crippen LogP contribution in [0.4, 0.5) is 0 Å². The van der Waals surface area contributed by atoms with Crippen LogP contribution in [0.25, 0.3) is 16.9 Å². The minimum atomic E-state index is -0.160. The molecule has 3 aromatic carbocycles. The second-order valence-electron chi connectivity index (χ2n) is 7.35. The predicted molar refractivity (Wildman–Crippen MR) is 124 cm³/mol. The van der Waals surface area contributed by atoms with Crippen molar-refractivity contribution in [2.45, 2.75) is 6.54 Å². The molecule has 0 radical (unpaired) electrons. The van der Waals surface area contributed by atoms with E-state index in [1.54, 1.807) is 37.3 Å². The fourth-order valence-corrected chi connectivity index (χ4v) is 3.67. The maximum Gasteiger partial charge on any atom is 0.257 e. The number of carbonyl (C=O) groups is 1. The molecule has 0 saturated heterocycles. The van der Waals surface area contributed by atoms with E-state index in [0.29, 0.717) is 23.6 Å². The van der Waals surface area contributed by atoms with Gasteiger partial charge < -0.3 is 14.4 Å². The van der Waals surface area contributed by atoms with Gasteiger partial charge in [0.05, 0.1) is 31.2 Å². The van der Waals surface area contributed by atoms with Gasteiger partial charge in [0.2, 0.25) is 0 Å². The van der Waals surface area contributed by atoms with E-state index in [1.807, 2.05) is 71.5 Å². The van der Waals surface area contributed by atoms with Gasteiger partial charge in [-0.25, -0.2) is 4.68 Å². The molecule has 1 aromatic heterocycles. The SMILES string of the molecule is COc1cccc(C(=O)N(C)Cc2cn(-c3ccccc3)nc2-c2ccccc2)c1OC. The van der Waals surface area contributed by atoms with Crippen LogP contribution >= 0.6 is 0 Å². The fourth-order valence-electron chi connectivity index (χ4n) is 3.67. The number of rotatable bonds is 7. The third kappa shape index (κ3) is 4.21. The highest BCUT2D eigenvalue weighted by Crippen LogP contribution is 2.32. The Morgan fingerprint density at radius 3 is 2.25 bits per heavy atom. The quantitative estimate of drug-likeness (QED) is 0.424. The van der Waals surface area contributed by atoms with E-state index in [9.17, 15) is 4.79 Å². The Morgan fingerprint density at radius 1 is 0.906 bits per heavy atom. The number of hydrogen-bond donors (Lipinski definition) is 0. The number of methoxy groups -OCH3 is 2. The maximum absolute atomic E-state index is 13.3. The molecule has 0 aliphatic heterocycles. The van der Waals surface area contributed by atoms with Crippen LogP contribution in [0, 0.1) is 0 Å². The summed E-state index contributed by atoms with van der Waals surface area (Å²) in [7, 11) is 4.86. The first-order valence-corrected chi connectivity index (χ1v) is 10.3. The van der Waals surface area contributed by atoms with Crippen LogP contribution in [0.15, 0.2) is 85.1 Å². The van der Waals surface area contributed by atoms with Crippen molar-refractivity contribution in [3.8, 4) is 28.4 Å². The second kappa shape index (κ2) is 9.39. The number of ether oxygens (including phenoxy) is 2. The average Bonchev–Trinajstić information content (AvgIpc) is 3.27. The summed E-state index contributed by atoms with van der Waals surface area (Å²) in [6.45, 7) is 0.385. The third-order valence-corrected chi connectivity index (χ3v) is 5.25. The van der Waals surface area contributed by atoms with Crippen molar-refractivity contribution in [1.29, 1.82) is 0 Å². The molecule has 6 heteroatoms. The largest absolute Gasteiger partial charge is 0.493 e. The van der Waals surface area contributed by atoms with Crippen LogP contribution < -0.4 is 9.47 Å². The zero-order valence-electron chi connectivity index (χ0n) is 18.4. The summed E-state index contributed by atoms with van der Waals surface area (Å²) in [6.07, 6.45) is 1.98. The number of nitrogens with zero attached hydrogens (tertiary/aromatic N) is 3. The maximum atomic E-state index is 13.3. The van der Waals surface area contributed by atoms with Gasteiger partial charge >= 0.3 is 0 Å². The highest BCUT2D eigenvalue weighted by molar-refractivity contribution is 5.97. The van der Waals surface area contributed by atoms with Crippen molar-refractivity contribution >= 4 is 5.91 Å². The smallest absolute Gasteiger partial charge is 0.257 e. The lowest BCUT2D eigenvalue weighted by Crippen LogP contribution is -2.26. The molecule has 0 aliphatic rings. The van der Waals surface area contributed by atoms with Gasteiger partial charge in [-0.1, -0.05) is 54.6 Å². The van der Waals surface area contributed by atoms with Crippen LogP contribution in [-0.4, -0.2) is 41.9 Å². The number of aromatic nitrogens is 2. The highest BCUT2D eigenvalue weighted by Gasteiger charge is 2.22. The average molecular weight is 428 g/mol. The lowest BCUT2D eigenvalue weighted by Gasteiger charge is -2.19. The number of hydrogen-bond acceptors (Lipinski definition) is 4. The molecule has 0 fully saturated rings. The molecule has 0 spiro atoms. The number of amides is 1. The molecule has 1 amide bonds. The van der Waals surface area contributed by atoms with Gasteiger partial charge in [0.25, 0.3) is 5.91 Å². The van der Waals surface area contributed by atoms with Crippen molar-refractivity contribution in [2.24, 2.45) is 0 Å². The van der Waals surface area contributed by atoms with Crippen LogP contribution in [0.3, 0.4) is 0 Å². The van der Waals surface area contributed by atoms with Crippen molar-refractivity contribution in [3.63, 3.8) is 0 Å². The van der Waals surface area contributed by atoms with Crippen molar-refractivity contribution < 1.29 is 14.3 Å². The molecule has 162 valence electrons. The van der Waals surface area contributed by atoms with E-state index in [4.69, 9.17) is 14.6 Å². The van der Waals surface area contributed by atoms with Gasteiger partial charge in [-0.05, 0) is 24.3 Å². The monoisotopic (exact) mass is 427 g/mol. The molecule has 6 nitrogen and oxygen atoms in total. The first kappa shape index (κ1) is 21.2. The minimum absolute atomic E-state index is 0.160. The summed E-state index contributed by atoms with van der Waals surface area (Å²) in [5, 5.41) is 4.83. The molecule has 0 saturated carbocycles. The summed E-state index contributed by atoms with van der Waals surface area (Å²) in [5.41, 5.74) is 4.19. The predicted octanol–water partition coefficient (Wildman–Crippen LogP) is 4.83. The molecule has 0 bridgehead atoms. The summed E-state index contributed by atoms with van der Waals surface area (Å²) >= 11 is 0. The molecule has 4 aromatic rings. The third-order valence-electron chi connectivity index (χ3n) is 5.25. The Balaban J connectivity index is 1.69. The Labute approximate surface area is 187 Å². The first-order chi connectivity index (χ1) is 15.6. The summed E-state index contributed by atoms with van der Waals surface area (Å²) < 4.78 is 12.6. The van der Waals surface area contributed by atoms with Crippen LogP contribution in [-0.2, 0) is 6.54 Å². The zero-order valence-corrected chi connectivity index (χ0v) is 18.4. The van der Waals surface area contributed by atoms with Gasteiger partial charge in [0, 0.05) is 30.9 Å². The van der Waals surface area contributed by atoms with Gasteiger partial charge in [0.1, 0.15) is 0 Å². The lowest BCUT2D eigenvalue weighted by atomic mass is 10.1. The van der Waals surface area contributed by atoms with E-state index in [2.05, 4.69) is 0 Å². The Morgan fingerprint density at radius 2 is 1.59 bits per heavy atom. The zero-order chi connectivity index (χ0) is 22.5. The Hall–Kier alpha value is -4.06. The molecule has 4 rings (SSSR count). The standard InChI is InChI=1S/C26H25N3O3/c1-28(26(30)22-15-10-16-23(31-2)25(22)32-3)17-20-18-29(21-13-8-5-9-14-21)27-24(20)19-11-6-4-7-12-19/h4-16,18H,17H2,1-3H3. The molecule has 0 atom stereocenters. The summed E-state index contributed by atoms with van der Waals surface area (Å²) in [5.74, 6) is 0.788. The highest BCUT2D eigenvalue weighted by atomic mass is 16.5. The first-order valence-electron chi connectivity index (χ1n) is 10.3. The van der Waals surface area contributed by atoms with E-state index >= 15 is 0 Å². The molecule has 0 aliphatic carbocycles. The van der Waals surface area contributed by atoms with Gasteiger partial charge in [-0.15, -0.1) is 0 Å². The normalized spacial score (nSPS) is 10.6. The second-order valence-corrected chi connectivity index (χ2v) is 7.35. The number of carbonyl (C=O) groups excluding carboxylic acids is 1. The lowest BCUT2D eigenvalue weighted by molar-refractivity contribution is 0.0781. The minimum Gasteiger partial charge on any atom is -0.493 e. The van der Waals surface area contributed by atoms with Crippen LogP contribution in [0.5, 0.6) is 11.5 Å². The van der Waals surface area contributed by atoms with E-state index in [0.717, 1.165) is 22.5 Å². The number of para-hydroxylation sites is 2. The van der Waals surface area contributed by atoms with Crippen LogP contribution in [0.2, 0.25) is 0 Å². The van der Waals surface area contributed by atoms with Gasteiger partial charge in [-0.3, -0.25) is 4.79 Å². The van der Waals surface area contributed by atoms with E-state index < -0.39 is 0 Å². The van der Waals surface area contributed by atoms with Crippen molar-refractivity contribution in [1.82, 2.24) is 14.7 Å². The Kier molecular flexibility index (Phi) is 6.22. The Bertz CT molecular complexity index is 1200. The molecular weight excluding hydrogens is 402 g/mol. The van der Waals surface area contributed by atoms with E-state index in [-0.39, 0.29) is 5.91 Å². The molecule has 0 unspecified atom stereocenters. The molecular formula is C26H25N3O3. The topological polar surface area (TPSA) is 56.6 Å². The van der Waals surface area contributed by atoms with Gasteiger partial charge in [-0.2, -0.15) is 5.10 Å². The van der Waals surface area contributed by atoms with Crippen LogP contribution in [0.1, 0.15) is 15.9 Å². The molecule has 0 N–H and O–H groups in total. The molecule has 1 heterocycles. The van der Waals surface area contributed by atoms with Crippen molar-refractivity contribution in [3.05, 3.63) is 96.2 Å². The van der Waals surface area contributed by atoms with Gasteiger partial charge in [0.15, 0.2) is 11.5 Å². The van der Waals surface area contributed by atoms with E-state index in [1.165, 1.54) is 7.11 Å². The number of benzene rings is 3. The summed E-state index contributed by atoms with van der Waals surface area (Å²) in [6, 6.07) is 25.2. The summed E-state index contributed by atoms with van der Waals surface area (Å²) in [4.78, 5) is 14.9. The van der Waals surface area contributed by atoms with Crippen molar-refractivity contribution in [2.75, 3.05) is 21.3 Å². The fraction of sp³-hybridized carbons (Fsp3) is 0.154. The molecule has 32 heavy (non-hydrogen) atoms.